The zero-order chi connectivity index (χ0) is 26.2. The van der Waals surface area contributed by atoms with E-state index in [0.29, 0.717) is 0 Å². The van der Waals surface area contributed by atoms with E-state index in [-0.39, 0.29) is 11.5 Å². The van der Waals surface area contributed by atoms with Gasteiger partial charge in [-0.3, -0.25) is 9.98 Å². The molecule has 2 N–H and O–H groups in total. The van der Waals surface area contributed by atoms with Gasteiger partial charge in [0.1, 0.15) is 11.5 Å². The zero-order valence-corrected chi connectivity index (χ0v) is 22.8. The Morgan fingerprint density at radius 2 is 0.944 bits per heavy atom. The van der Waals surface area contributed by atoms with Gasteiger partial charge in [-0.05, 0) is 64.8 Å². The lowest BCUT2D eigenvalue weighted by atomic mass is 10.1. The Morgan fingerprint density at radius 3 is 1.28 bits per heavy atom. The number of nitrogens with zero attached hydrogens (tertiary/aromatic N) is 4. The van der Waals surface area contributed by atoms with Crippen LogP contribution < -0.4 is 9.80 Å². The molecular formula is C30H46N4O2. The first kappa shape index (κ1) is 29.2. The van der Waals surface area contributed by atoms with E-state index in [4.69, 9.17) is 0 Å². The molecule has 0 bridgehead atoms. The van der Waals surface area contributed by atoms with Crippen LogP contribution in [0.5, 0.6) is 11.5 Å². The molecule has 198 valence electrons. The lowest BCUT2D eigenvalue weighted by molar-refractivity contribution is 0.474. The van der Waals surface area contributed by atoms with Crippen LogP contribution in [-0.2, 0) is 0 Å². The number of aliphatic imine (C=N–C) groups is 2. The van der Waals surface area contributed by atoms with Crippen LogP contribution >= 0.6 is 0 Å². The number of anilines is 2. The van der Waals surface area contributed by atoms with Crippen molar-refractivity contribution in [2.24, 2.45) is 9.98 Å². The van der Waals surface area contributed by atoms with Gasteiger partial charge in [-0.2, -0.15) is 0 Å². The number of hydrogen-bond acceptors (Lipinski definition) is 6. The lowest BCUT2D eigenvalue weighted by Crippen LogP contribution is -2.21. The van der Waals surface area contributed by atoms with E-state index in [2.05, 4.69) is 47.5 Å². The highest BCUT2D eigenvalue weighted by molar-refractivity contribution is 5.85. The Labute approximate surface area is 218 Å². The summed E-state index contributed by atoms with van der Waals surface area (Å²) < 4.78 is 0. The molecule has 0 aliphatic carbocycles. The molecule has 2 aromatic carbocycles. The van der Waals surface area contributed by atoms with Crippen LogP contribution in [0.25, 0.3) is 0 Å². The summed E-state index contributed by atoms with van der Waals surface area (Å²) in [6.07, 6.45) is 10.4. The molecular weight excluding hydrogens is 448 g/mol. The number of phenols is 2. The van der Waals surface area contributed by atoms with Crippen molar-refractivity contribution in [3.8, 4) is 11.5 Å². The molecule has 2 aromatic rings. The fourth-order valence-corrected chi connectivity index (χ4v) is 4.29. The van der Waals surface area contributed by atoms with E-state index in [1.54, 1.807) is 12.4 Å². The molecule has 0 unspecified atom stereocenters. The average molecular weight is 495 g/mol. The van der Waals surface area contributed by atoms with Gasteiger partial charge in [0.25, 0.3) is 0 Å². The topological polar surface area (TPSA) is 71.7 Å². The first-order valence-corrected chi connectivity index (χ1v) is 13.7. The molecule has 0 aliphatic rings. The van der Waals surface area contributed by atoms with E-state index in [9.17, 15) is 10.2 Å². The number of unbranched alkanes of at least 4 members (excludes halogenated alkanes) is 5. The molecule has 0 fully saturated rings. The second-order valence-electron chi connectivity index (χ2n) is 9.02. The maximum absolute atomic E-state index is 10.3. The minimum Gasteiger partial charge on any atom is -0.507 e. The van der Waals surface area contributed by atoms with Crippen LogP contribution in [0, 0.1) is 0 Å². The Morgan fingerprint density at radius 1 is 0.583 bits per heavy atom. The third-order valence-corrected chi connectivity index (χ3v) is 6.57. The van der Waals surface area contributed by atoms with Gasteiger partial charge >= 0.3 is 0 Å². The Bertz CT molecular complexity index is 872. The van der Waals surface area contributed by atoms with Crippen LogP contribution in [0.3, 0.4) is 0 Å². The van der Waals surface area contributed by atoms with Gasteiger partial charge in [-0.15, -0.1) is 0 Å². The second kappa shape index (κ2) is 16.6. The summed E-state index contributed by atoms with van der Waals surface area (Å²) >= 11 is 0. The van der Waals surface area contributed by atoms with Crippen molar-refractivity contribution in [3.05, 3.63) is 47.5 Å². The maximum atomic E-state index is 10.3. The van der Waals surface area contributed by atoms with Gasteiger partial charge in [0.05, 0.1) is 0 Å². The standard InChI is InChI=1S/C30H46N4O2/c1-5-33(6-2)27-17-15-25(29(35)21-27)23-31-19-13-11-9-10-12-14-20-32-24-26-16-18-28(22-30(26)36)34(7-3)8-4/h15-18,21-24,35-36H,5-14,19-20H2,1-4H3. The molecule has 0 heterocycles. The first-order chi connectivity index (χ1) is 17.5. The molecule has 0 aromatic heterocycles. The second-order valence-corrected chi connectivity index (χ2v) is 9.02. The highest BCUT2D eigenvalue weighted by atomic mass is 16.3. The molecule has 0 atom stereocenters. The molecule has 6 heteroatoms. The molecule has 0 radical (unpaired) electrons. The number of aromatic hydroxyl groups is 2. The summed E-state index contributed by atoms with van der Waals surface area (Å²) in [7, 11) is 0. The van der Waals surface area contributed by atoms with Crippen LogP contribution in [0.15, 0.2) is 46.4 Å². The van der Waals surface area contributed by atoms with Crippen LogP contribution in [0.1, 0.15) is 77.3 Å². The lowest BCUT2D eigenvalue weighted by Gasteiger charge is -2.21. The predicted molar refractivity (Wildman–Crippen MR) is 156 cm³/mol. The van der Waals surface area contributed by atoms with Crippen molar-refractivity contribution < 1.29 is 10.2 Å². The predicted octanol–water partition coefficient (Wildman–Crippen LogP) is 6.67. The fourth-order valence-electron chi connectivity index (χ4n) is 4.29. The van der Waals surface area contributed by atoms with E-state index < -0.39 is 0 Å². The smallest absolute Gasteiger partial charge is 0.126 e. The van der Waals surface area contributed by atoms with Gasteiger partial charge in [0, 0.05) is 86.3 Å². The summed E-state index contributed by atoms with van der Waals surface area (Å²) in [6.45, 7) is 13.7. The quantitative estimate of drug-likeness (QED) is 0.190. The summed E-state index contributed by atoms with van der Waals surface area (Å²) in [4.78, 5) is 13.4. The van der Waals surface area contributed by atoms with Crippen LogP contribution in [0.2, 0.25) is 0 Å². The molecule has 0 saturated heterocycles. The Hall–Kier alpha value is -3.02. The molecule has 0 spiro atoms. The van der Waals surface area contributed by atoms with Crippen LogP contribution in [-0.4, -0.2) is 61.9 Å². The first-order valence-electron chi connectivity index (χ1n) is 13.7. The minimum absolute atomic E-state index is 0.290. The largest absolute Gasteiger partial charge is 0.507 e. The molecule has 2 rings (SSSR count). The van der Waals surface area contributed by atoms with Gasteiger partial charge in [-0.1, -0.05) is 25.7 Å². The zero-order valence-electron chi connectivity index (χ0n) is 22.8. The third-order valence-electron chi connectivity index (χ3n) is 6.57. The fraction of sp³-hybridized carbons (Fsp3) is 0.533. The van der Waals surface area contributed by atoms with Gasteiger partial charge < -0.3 is 20.0 Å². The van der Waals surface area contributed by atoms with Crippen molar-refractivity contribution in [3.63, 3.8) is 0 Å². The van der Waals surface area contributed by atoms with Crippen molar-refractivity contribution in [1.82, 2.24) is 0 Å². The highest BCUT2D eigenvalue weighted by Gasteiger charge is 2.06. The van der Waals surface area contributed by atoms with Crippen LogP contribution in [0.4, 0.5) is 11.4 Å². The number of hydrogen-bond donors (Lipinski definition) is 2. The molecule has 0 aliphatic heterocycles. The van der Waals surface area contributed by atoms with Gasteiger partial charge in [-0.25, -0.2) is 0 Å². The van der Waals surface area contributed by atoms with Gasteiger partial charge in [0.2, 0.25) is 0 Å². The normalized spacial score (nSPS) is 11.6. The summed E-state index contributed by atoms with van der Waals surface area (Å²) in [5, 5.41) is 20.6. The van der Waals surface area contributed by atoms with Crippen molar-refractivity contribution in [2.75, 3.05) is 49.1 Å². The Balaban J connectivity index is 1.58. The van der Waals surface area contributed by atoms with E-state index in [1.165, 1.54) is 25.7 Å². The number of phenolic OH excluding ortho intramolecular Hbond substituents is 2. The van der Waals surface area contributed by atoms with Gasteiger partial charge in [0.15, 0.2) is 0 Å². The third kappa shape index (κ3) is 9.56. The van der Waals surface area contributed by atoms with E-state index in [0.717, 1.165) is 74.6 Å². The molecule has 36 heavy (non-hydrogen) atoms. The van der Waals surface area contributed by atoms with Crippen molar-refractivity contribution >= 4 is 23.8 Å². The molecule has 6 nitrogen and oxygen atoms in total. The monoisotopic (exact) mass is 494 g/mol. The highest BCUT2D eigenvalue weighted by Crippen LogP contribution is 2.24. The maximum Gasteiger partial charge on any atom is 0.126 e. The van der Waals surface area contributed by atoms with E-state index >= 15 is 0 Å². The minimum atomic E-state index is 0.290. The summed E-state index contributed by atoms with van der Waals surface area (Å²) in [5.74, 6) is 0.579. The summed E-state index contributed by atoms with van der Waals surface area (Å²) in [6, 6.07) is 11.6. The summed E-state index contributed by atoms with van der Waals surface area (Å²) in [5.41, 5.74) is 3.64. The number of benzene rings is 2. The van der Waals surface area contributed by atoms with Crippen molar-refractivity contribution in [1.29, 1.82) is 0 Å². The molecule has 0 saturated carbocycles. The average Bonchev–Trinajstić information content (AvgIpc) is 2.88. The molecule has 0 amide bonds. The SMILES string of the molecule is CCN(CC)c1ccc(C=NCCCCCCCCN=Cc2ccc(N(CC)CC)cc2O)c(O)c1. The Kier molecular flexibility index (Phi) is 13.5. The number of rotatable bonds is 17. The van der Waals surface area contributed by atoms with E-state index in [1.807, 2.05) is 36.4 Å². The van der Waals surface area contributed by atoms with Crippen molar-refractivity contribution in [2.45, 2.75) is 66.2 Å².